The number of carbonyl (C=O) groups excluding carboxylic acids is 1. The van der Waals surface area contributed by atoms with E-state index < -0.39 is 23.2 Å². The predicted molar refractivity (Wildman–Crippen MR) is 64.8 cm³/mol. The summed E-state index contributed by atoms with van der Waals surface area (Å²) in [6.45, 7) is 0. The van der Waals surface area contributed by atoms with Gasteiger partial charge in [0.05, 0.1) is 27.5 Å². The molecule has 0 unspecified atom stereocenters. The Bertz CT molecular complexity index is 636. The van der Waals surface area contributed by atoms with Crippen LogP contribution in [0.3, 0.4) is 0 Å². The molecule has 0 saturated carbocycles. The van der Waals surface area contributed by atoms with Gasteiger partial charge in [0.1, 0.15) is 0 Å². The van der Waals surface area contributed by atoms with Gasteiger partial charge in [-0.1, -0.05) is 0 Å². The van der Waals surface area contributed by atoms with Gasteiger partial charge in [0.2, 0.25) is 5.91 Å². The second kappa shape index (κ2) is 4.69. The van der Waals surface area contributed by atoms with Crippen LogP contribution in [0.1, 0.15) is 15.9 Å². The lowest BCUT2D eigenvalue weighted by Crippen LogP contribution is -2.19. The molecule has 0 aliphatic rings. The Labute approximate surface area is 114 Å². The molecule has 4 nitrogen and oxygen atoms in total. The zero-order valence-corrected chi connectivity index (χ0v) is 10.9. The van der Waals surface area contributed by atoms with Gasteiger partial charge in [-0.3, -0.25) is 4.79 Å². The lowest BCUT2D eigenvalue weighted by molar-refractivity contribution is -0.137. The largest absolute Gasteiger partial charge is 0.417 e. The first-order valence-corrected chi connectivity index (χ1v) is 5.80. The van der Waals surface area contributed by atoms with E-state index >= 15 is 0 Å². The predicted octanol–water partition coefficient (Wildman–Crippen LogP) is 2.75. The maximum atomic E-state index is 12.9. The quantitative estimate of drug-likeness (QED) is 0.918. The Hall–Kier alpha value is -1.83. The highest BCUT2D eigenvalue weighted by molar-refractivity contribution is 9.10. The number of aromatic nitrogens is 2. The topological polar surface area (TPSA) is 60.9 Å². The fourth-order valence-corrected chi connectivity index (χ4v) is 1.85. The summed E-state index contributed by atoms with van der Waals surface area (Å²) in [5.74, 6) is -1.12. The lowest BCUT2D eigenvalue weighted by atomic mass is 10.1. The van der Waals surface area contributed by atoms with Gasteiger partial charge in [0.15, 0.2) is 0 Å². The van der Waals surface area contributed by atoms with Crippen molar-refractivity contribution in [2.45, 2.75) is 6.18 Å². The van der Waals surface area contributed by atoms with Gasteiger partial charge < -0.3 is 5.73 Å². The maximum Gasteiger partial charge on any atom is 0.417 e. The van der Waals surface area contributed by atoms with Crippen molar-refractivity contribution in [3.8, 4) is 5.69 Å². The first-order valence-electron chi connectivity index (χ1n) is 5.00. The molecule has 2 aromatic rings. The van der Waals surface area contributed by atoms with Crippen LogP contribution >= 0.6 is 15.9 Å². The number of halogens is 4. The van der Waals surface area contributed by atoms with Crippen LogP contribution in [0.15, 0.2) is 35.1 Å². The van der Waals surface area contributed by atoms with Crippen LogP contribution in [0, 0.1) is 0 Å². The molecular formula is C11H7BrF3N3O. The standard InChI is InChI=1S/C11H7BrF3N3O/c12-6-4-17-18(5-6)7-1-2-8(10(16)19)9(3-7)11(13,14)15/h1-5H,(H2,16,19). The highest BCUT2D eigenvalue weighted by Gasteiger charge is 2.35. The van der Waals surface area contributed by atoms with Crippen molar-refractivity contribution in [2.24, 2.45) is 5.73 Å². The minimum absolute atomic E-state index is 0.183. The summed E-state index contributed by atoms with van der Waals surface area (Å²) in [7, 11) is 0. The Balaban J connectivity index is 2.59. The second-order valence-corrected chi connectivity index (χ2v) is 4.61. The molecule has 1 amide bonds. The molecule has 100 valence electrons. The van der Waals surface area contributed by atoms with Gasteiger partial charge in [-0.2, -0.15) is 18.3 Å². The summed E-state index contributed by atoms with van der Waals surface area (Å²) < 4.78 is 40.5. The molecular weight excluding hydrogens is 327 g/mol. The molecule has 0 atom stereocenters. The van der Waals surface area contributed by atoms with Crippen molar-refractivity contribution in [2.75, 3.05) is 0 Å². The maximum absolute atomic E-state index is 12.9. The molecule has 0 spiro atoms. The van der Waals surface area contributed by atoms with E-state index in [1.54, 1.807) is 0 Å². The van der Waals surface area contributed by atoms with E-state index in [9.17, 15) is 18.0 Å². The van der Waals surface area contributed by atoms with Crippen LogP contribution in [0.5, 0.6) is 0 Å². The first-order chi connectivity index (χ1) is 8.79. The summed E-state index contributed by atoms with van der Waals surface area (Å²) in [4.78, 5) is 11.0. The van der Waals surface area contributed by atoms with Gasteiger partial charge in [0.25, 0.3) is 0 Å². The van der Waals surface area contributed by atoms with Gasteiger partial charge in [0, 0.05) is 6.20 Å². The zero-order valence-electron chi connectivity index (χ0n) is 9.28. The Morgan fingerprint density at radius 2 is 2.05 bits per heavy atom. The molecule has 0 bridgehead atoms. The molecule has 2 N–H and O–H groups in total. The fourth-order valence-electron chi connectivity index (χ4n) is 1.57. The average Bonchev–Trinajstić information content (AvgIpc) is 2.74. The number of hydrogen-bond donors (Lipinski definition) is 1. The lowest BCUT2D eigenvalue weighted by Gasteiger charge is -2.12. The third-order valence-corrected chi connectivity index (χ3v) is 2.80. The van der Waals surface area contributed by atoms with Gasteiger partial charge >= 0.3 is 6.18 Å². The number of amides is 1. The SMILES string of the molecule is NC(=O)c1ccc(-n2cc(Br)cn2)cc1C(F)(F)F. The molecule has 0 saturated heterocycles. The van der Waals surface area contributed by atoms with Crippen molar-refractivity contribution in [3.63, 3.8) is 0 Å². The van der Waals surface area contributed by atoms with Crippen LogP contribution in [0.2, 0.25) is 0 Å². The smallest absolute Gasteiger partial charge is 0.366 e. The van der Waals surface area contributed by atoms with E-state index in [1.165, 1.54) is 23.1 Å². The van der Waals surface area contributed by atoms with Crippen molar-refractivity contribution in [3.05, 3.63) is 46.2 Å². The van der Waals surface area contributed by atoms with Crippen molar-refractivity contribution in [1.29, 1.82) is 0 Å². The van der Waals surface area contributed by atoms with E-state index in [2.05, 4.69) is 21.0 Å². The van der Waals surface area contributed by atoms with E-state index in [-0.39, 0.29) is 5.69 Å². The first kappa shape index (κ1) is 13.6. The number of rotatable bonds is 2. The minimum Gasteiger partial charge on any atom is -0.366 e. The van der Waals surface area contributed by atoms with Crippen LogP contribution in [0.25, 0.3) is 5.69 Å². The van der Waals surface area contributed by atoms with Crippen LogP contribution < -0.4 is 5.73 Å². The number of hydrogen-bond acceptors (Lipinski definition) is 2. The number of nitrogens with zero attached hydrogens (tertiary/aromatic N) is 2. The van der Waals surface area contributed by atoms with Crippen LogP contribution in [-0.4, -0.2) is 15.7 Å². The Morgan fingerprint density at radius 3 is 2.53 bits per heavy atom. The molecule has 0 aliphatic heterocycles. The van der Waals surface area contributed by atoms with Gasteiger partial charge in [-0.25, -0.2) is 4.68 Å². The molecule has 1 aromatic heterocycles. The average molecular weight is 334 g/mol. The summed E-state index contributed by atoms with van der Waals surface area (Å²) >= 11 is 3.15. The Kier molecular flexibility index (Phi) is 3.36. The third kappa shape index (κ3) is 2.78. The molecule has 0 radical (unpaired) electrons. The monoisotopic (exact) mass is 333 g/mol. The summed E-state index contributed by atoms with van der Waals surface area (Å²) in [5, 5.41) is 3.87. The Morgan fingerprint density at radius 1 is 1.37 bits per heavy atom. The third-order valence-electron chi connectivity index (χ3n) is 2.39. The number of benzene rings is 1. The van der Waals surface area contributed by atoms with E-state index in [0.29, 0.717) is 4.47 Å². The molecule has 0 aliphatic carbocycles. The normalized spacial score (nSPS) is 11.6. The highest BCUT2D eigenvalue weighted by atomic mass is 79.9. The number of carbonyl (C=O) groups is 1. The van der Waals surface area contributed by atoms with Crippen molar-refractivity contribution >= 4 is 21.8 Å². The zero-order chi connectivity index (χ0) is 14.2. The molecule has 19 heavy (non-hydrogen) atoms. The summed E-state index contributed by atoms with van der Waals surface area (Å²) in [6, 6.07) is 3.21. The van der Waals surface area contributed by atoms with Crippen LogP contribution in [0.4, 0.5) is 13.2 Å². The van der Waals surface area contributed by atoms with E-state index in [0.717, 1.165) is 12.1 Å². The van der Waals surface area contributed by atoms with Crippen molar-refractivity contribution in [1.82, 2.24) is 9.78 Å². The van der Waals surface area contributed by atoms with E-state index in [4.69, 9.17) is 5.73 Å². The van der Waals surface area contributed by atoms with Gasteiger partial charge in [-0.15, -0.1) is 0 Å². The van der Waals surface area contributed by atoms with Gasteiger partial charge in [-0.05, 0) is 34.1 Å². The molecule has 1 aromatic carbocycles. The number of nitrogens with two attached hydrogens (primary N) is 1. The summed E-state index contributed by atoms with van der Waals surface area (Å²) in [6.07, 6.45) is -1.72. The highest BCUT2D eigenvalue weighted by Crippen LogP contribution is 2.33. The molecule has 1 heterocycles. The van der Waals surface area contributed by atoms with Crippen LogP contribution in [-0.2, 0) is 6.18 Å². The molecule has 8 heteroatoms. The number of primary amides is 1. The summed E-state index contributed by atoms with van der Waals surface area (Å²) in [5.41, 5.74) is 3.47. The molecule has 0 fully saturated rings. The number of alkyl halides is 3. The minimum atomic E-state index is -4.66. The second-order valence-electron chi connectivity index (χ2n) is 3.70. The van der Waals surface area contributed by atoms with Crippen molar-refractivity contribution < 1.29 is 18.0 Å². The molecule has 2 rings (SSSR count). The fraction of sp³-hybridized carbons (Fsp3) is 0.0909. The van der Waals surface area contributed by atoms with E-state index in [1.807, 2.05) is 0 Å².